The Morgan fingerprint density at radius 1 is 1.12 bits per heavy atom. The second kappa shape index (κ2) is 13.0. The number of pyridine rings is 2. The Bertz CT molecular complexity index is 1670. The van der Waals surface area contributed by atoms with Crippen LogP contribution in [0.25, 0.3) is 11.0 Å². The van der Waals surface area contributed by atoms with E-state index in [2.05, 4.69) is 32.3 Å². The van der Waals surface area contributed by atoms with Crippen molar-refractivity contribution in [1.82, 2.24) is 14.9 Å². The molecule has 1 fully saturated rings. The molecule has 0 saturated heterocycles. The number of nitriles is 2. The molecule has 224 valence electrons. The number of nitrogens with zero attached hydrogens (tertiary/aromatic N) is 6. The third-order valence-electron chi connectivity index (χ3n) is 7.71. The van der Waals surface area contributed by atoms with Crippen LogP contribution in [0.4, 0.5) is 10.5 Å². The maximum absolute atomic E-state index is 13.1. The molecule has 11 nitrogen and oxygen atoms in total. The molecular weight excluding hydrogens is 546 g/mol. The molecular formula is C32H37N7O4. The van der Waals surface area contributed by atoms with Gasteiger partial charge in [-0.15, -0.1) is 0 Å². The fourth-order valence-corrected chi connectivity index (χ4v) is 5.41. The largest absolute Gasteiger partial charge is 0.453 e. The van der Waals surface area contributed by atoms with E-state index >= 15 is 0 Å². The van der Waals surface area contributed by atoms with E-state index < -0.39 is 17.3 Å². The Kier molecular flexibility index (Phi) is 9.35. The molecule has 2 aromatic heterocycles. The fraction of sp³-hybridized carbons (Fsp3) is 0.438. The minimum atomic E-state index is -0.487. The van der Waals surface area contributed by atoms with Crippen LogP contribution in [0.15, 0.2) is 46.3 Å². The van der Waals surface area contributed by atoms with E-state index in [1.54, 1.807) is 19.2 Å². The normalized spacial score (nSPS) is 17.1. The molecule has 0 atom stereocenters. The van der Waals surface area contributed by atoms with Gasteiger partial charge in [0, 0.05) is 32.6 Å². The van der Waals surface area contributed by atoms with Gasteiger partial charge >= 0.3 is 6.09 Å². The molecule has 4 rings (SSSR count). The summed E-state index contributed by atoms with van der Waals surface area (Å²) in [6.07, 6.45) is 2.72. The van der Waals surface area contributed by atoms with Gasteiger partial charge in [-0.2, -0.15) is 10.5 Å². The molecule has 1 aliphatic carbocycles. The Morgan fingerprint density at radius 3 is 2.37 bits per heavy atom. The van der Waals surface area contributed by atoms with E-state index in [9.17, 15) is 20.1 Å². The van der Waals surface area contributed by atoms with Crippen molar-refractivity contribution in [1.29, 1.82) is 10.5 Å². The minimum absolute atomic E-state index is 0.0184. The number of carbonyl (C=O) groups is 1. The van der Waals surface area contributed by atoms with Crippen molar-refractivity contribution in [2.75, 3.05) is 19.1 Å². The van der Waals surface area contributed by atoms with Gasteiger partial charge in [0.25, 0.3) is 5.56 Å². The molecule has 0 radical (unpaired) electrons. The highest BCUT2D eigenvalue weighted by Gasteiger charge is 2.31. The molecule has 11 heteroatoms. The molecule has 1 N–H and O–H groups in total. The molecule has 0 bridgehead atoms. The SMILES string of the molecule is COC(=O)NCc1ccc(/C(=N/OC(C)(C)C)C2CCC(N(C)c3c(C#N)c(=O)n(C)c4ccc(C#N)nc34)CC2)cc1. The summed E-state index contributed by atoms with van der Waals surface area (Å²) in [6, 6.07) is 15.3. The van der Waals surface area contributed by atoms with Crippen LogP contribution in [-0.4, -0.2) is 47.2 Å². The summed E-state index contributed by atoms with van der Waals surface area (Å²) in [5, 5.41) is 26.8. The van der Waals surface area contributed by atoms with Crippen LogP contribution in [0.2, 0.25) is 0 Å². The summed E-state index contributed by atoms with van der Waals surface area (Å²) in [5.74, 6) is 0.130. The van der Waals surface area contributed by atoms with Crippen LogP contribution in [0.3, 0.4) is 0 Å². The number of anilines is 1. The minimum Gasteiger partial charge on any atom is -0.453 e. The van der Waals surface area contributed by atoms with Crippen LogP contribution in [0.5, 0.6) is 0 Å². The second-order valence-electron chi connectivity index (χ2n) is 11.7. The van der Waals surface area contributed by atoms with Crippen LogP contribution in [-0.2, 0) is 23.2 Å². The predicted molar refractivity (Wildman–Crippen MR) is 164 cm³/mol. The summed E-state index contributed by atoms with van der Waals surface area (Å²) in [4.78, 5) is 36.9. The van der Waals surface area contributed by atoms with Gasteiger partial charge < -0.3 is 24.4 Å². The first-order valence-electron chi connectivity index (χ1n) is 14.2. The fourth-order valence-electron chi connectivity index (χ4n) is 5.41. The van der Waals surface area contributed by atoms with Crippen molar-refractivity contribution in [3.63, 3.8) is 0 Å². The zero-order valence-corrected chi connectivity index (χ0v) is 25.5. The van der Waals surface area contributed by atoms with Crippen LogP contribution >= 0.6 is 0 Å². The topological polar surface area (TPSA) is 146 Å². The summed E-state index contributed by atoms with van der Waals surface area (Å²) in [5.41, 5.74) is 3.61. The number of benzene rings is 1. The molecule has 2 heterocycles. The summed E-state index contributed by atoms with van der Waals surface area (Å²) in [7, 11) is 4.83. The van der Waals surface area contributed by atoms with Gasteiger partial charge in [0.1, 0.15) is 34.5 Å². The number of aryl methyl sites for hydroxylation is 1. The van der Waals surface area contributed by atoms with Crippen molar-refractivity contribution in [3.8, 4) is 12.1 Å². The van der Waals surface area contributed by atoms with Gasteiger partial charge in [-0.25, -0.2) is 9.78 Å². The monoisotopic (exact) mass is 583 g/mol. The molecule has 1 aliphatic rings. The zero-order chi connectivity index (χ0) is 31.3. The molecule has 1 aromatic carbocycles. The number of aromatic nitrogens is 2. The Hall–Kier alpha value is -4.90. The van der Waals surface area contributed by atoms with Gasteiger partial charge in [0.05, 0.1) is 24.0 Å². The third-order valence-corrected chi connectivity index (χ3v) is 7.71. The number of nitrogens with one attached hydrogen (secondary N) is 1. The number of hydrogen-bond donors (Lipinski definition) is 1. The first-order chi connectivity index (χ1) is 20.5. The van der Waals surface area contributed by atoms with Crippen molar-refractivity contribution in [2.45, 2.75) is 64.6 Å². The summed E-state index contributed by atoms with van der Waals surface area (Å²) >= 11 is 0. The number of oxime groups is 1. The first-order valence-corrected chi connectivity index (χ1v) is 14.2. The number of carbonyl (C=O) groups excluding carboxylic acids is 1. The second-order valence-corrected chi connectivity index (χ2v) is 11.7. The number of amides is 1. The van der Waals surface area contributed by atoms with Gasteiger partial charge in [0.15, 0.2) is 0 Å². The quantitative estimate of drug-likeness (QED) is 0.310. The standard InChI is InChI=1S/C32H37N7O4/c1-32(2,3)43-37-27(21-9-7-20(8-10-21)19-35-31(41)42-6)22-11-14-24(15-12-22)38(4)29-25(18-34)30(40)39(5)26-16-13-23(17-33)36-28(26)29/h7-10,13,16,22,24H,11-12,14-15,19H2,1-6H3,(H,35,41)/b37-27-. The van der Waals surface area contributed by atoms with Gasteiger partial charge in [0.2, 0.25) is 0 Å². The van der Waals surface area contributed by atoms with Crippen LogP contribution in [0, 0.1) is 28.6 Å². The molecule has 43 heavy (non-hydrogen) atoms. The lowest BCUT2D eigenvalue weighted by Crippen LogP contribution is -2.39. The third kappa shape index (κ3) is 6.95. The molecule has 0 spiro atoms. The van der Waals surface area contributed by atoms with E-state index in [1.165, 1.54) is 11.7 Å². The molecule has 1 amide bonds. The number of hydrogen-bond acceptors (Lipinski definition) is 9. The zero-order valence-electron chi connectivity index (χ0n) is 25.5. The highest BCUT2D eigenvalue weighted by Crippen LogP contribution is 2.35. The lowest BCUT2D eigenvalue weighted by Gasteiger charge is -2.37. The lowest BCUT2D eigenvalue weighted by atomic mass is 9.80. The van der Waals surface area contributed by atoms with E-state index in [0.29, 0.717) is 23.3 Å². The Labute approximate surface area is 251 Å². The Balaban J connectivity index is 1.60. The number of methoxy groups -OCH3 is 1. The van der Waals surface area contributed by atoms with Gasteiger partial charge in [-0.3, -0.25) is 4.79 Å². The molecule has 0 unspecified atom stereocenters. The van der Waals surface area contributed by atoms with E-state index in [4.69, 9.17) is 4.84 Å². The highest BCUT2D eigenvalue weighted by molar-refractivity contribution is 6.02. The van der Waals surface area contributed by atoms with E-state index in [-0.39, 0.29) is 23.2 Å². The average molecular weight is 584 g/mol. The lowest BCUT2D eigenvalue weighted by molar-refractivity contribution is -0.0000307. The van der Waals surface area contributed by atoms with Gasteiger partial charge in [-0.1, -0.05) is 29.4 Å². The number of ether oxygens (including phenoxy) is 1. The van der Waals surface area contributed by atoms with Crippen molar-refractivity contribution < 1.29 is 14.4 Å². The summed E-state index contributed by atoms with van der Waals surface area (Å²) in [6.45, 7) is 6.21. The van der Waals surface area contributed by atoms with Gasteiger partial charge in [-0.05, 0) is 69.7 Å². The van der Waals surface area contributed by atoms with Crippen molar-refractivity contribution in [2.24, 2.45) is 18.1 Å². The predicted octanol–water partition coefficient (Wildman–Crippen LogP) is 4.75. The maximum atomic E-state index is 13.1. The van der Waals surface area contributed by atoms with E-state index in [1.807, 2.05) is 57.0 Å². The molecule has 0 aliphatic heterocycles. The molecule has 3 aromatic rings. The van der Waals surface area contributed by atoms with Crippen LogP contribution < -0.4 is 15.8 Å². The number of fused-ring (bicyclic) bond motifs is 1. The van der Waals surface area contributed by atoms with Crippen LogP contribution in [0.1, 0.15) is 68.8 Å². The van der Waals surface area contributed by atoms with E-state index in [0.717, 1.165) is 42.5 Å². The number of alkyl carbamates (subject to hydrolysis) is 1. The highest BCUT2D eigenvalue weighted by atomic mass is 16.6. The first kappa shape index (κ1) is 31.0. The average Bonchev–Trinajstić information content (AvgIpc) is 3.01. The van der Waals surface area contributed by atoms with Crippen molar-refractivity contribution in [3.05, 3.63) is 69.1 Å². The van der Waals surface area contributed by atoms with Crippen molar-refractivity contribution >= 4 is 28.5 Å². The summed E-state index contributed by atoms with van der Waals surface area (Å²) < 4.78 is 6.06. The number of rotatable bonds is 7. The molecule has 1 saturated carbocycles. The smallest absolute Gasteiger partial charge is 0.407 e. The Morgan fingerprint density at radius 2 is 1.79 bits per heavy atom. The maximum Gasteiger partial charge on any atom is 0.407 e.